The number of hydrogen-bond donors (Lipinski definition) is 0. The van der Waals surface area contributed by atoms with Crippen LogP contribution in [0.3, 0.4) is 0 Å². The smallest absolute Gasteiger partial charge is 0.333 e. The van der Waals surface area contributed by atoms with E-state index in [-0.39, 0.29) is 5.97 Å². The molecule has 4 nitrogen and oxygen atoms in total. The molecule has 43 heavy (non-hydrogen) atoms. The minimum absolute atomic E-state index is 0.279. The van der Waals surface area contributed by atoms with Crippen molar-refractivity contribution in [3.63, 3.8) is 0 Å². The van der Waals surface area contributed by atoms with Crippen LogP contribution in [0.15, 0.2) is 36.4 Å². The quantitative estimate of drug-likeness (QED) is 0.0584. The third-order valence-corrected chi connectivity index (χ3v) is 11.0. The molecule has 0 atom stereocenters. The first kappa shape index (κ1) is 33.5. The van der Waals surface area contributed by atoms with Crippen molar-refractivity contribution in [3.05, 3.63) is 57.3 Å². The summed E-state index contributed by atoms with van der Waals surface area (Å²) in [6.07, 6.45) is 17.2. The second-order valence-electron chi connectivity index (χ2n) is 11.8. The number of unbranched alkanes of at least 4 members (excludes halogenated alkanes) is 10. The van der Waals surface area contributed by atoms with Crippen LogP contribution in [0.1, 0.15) is 112 Å². The van der Waals surface area contributed by atoms with Crippen molar-refractivity contribution < 1.29 is 9.53 Å². The van der Waals surface area contributed by atoms with Gasteiger partial charge in [-0.2, -0.15) is 8.75 Å². The van der Waals surface area contributed by atoms with Gasteiger partial charge in [-0.1, -0.05) is 83.4 Å². The van der Waals surface area contributed by atoms with Gasteiger partial charge in [-0.3, -0.25) is 0 Å². The monoisotopic (exact) mass is 636 g/mol. The van der Waals surface area contributed by atoms with Crippen molar-refractivity contribution in [2.45, 2.75) is 118 Å². The van der Waals surface area contributed by atoms with Gasteiger partial charge in [0.15, 0.2) is 0 Å². The number of rotatable bonds is 19. The molecule has 0 unspecified atom stereocenters. The van der Waals surface area contributed by atoms with Gasteiger partial charge in [0, 0.05) is 36.2 Å². The van der Waals surface area contributed by atoms with Crippen LogP contribution in [-0.2, 0) is 22.4 Å². The summed E-state index contributed by atoms with van der Waals surface area (Å²) in [5, 5.41) is 0. The van der Waals surface area contributed by atoms with Gasteiger partial charge in [-0.05, 0) is 76.1 Å². The number of carbonyl (C=O) groups excluding carboxylic acids is 1. The van der Waals surface area contributed by atoms with Crippen LogP contribution in [0, 0.1) is 13.8 Å². The van der Waals surface area contributed by atoms with Crippen LogP contribution < -0.4 is 0 Å². The highest BCUT2D eigenvalue weighted by molar-refractivity contribution is 7.16. The molecule has 0 aliphatic heterocycles. The largest absolute Gasteiger partial charge is 0.462 e. The Labute approximate surface area is 270 Å². The molecule has 0 fully saturated rings. The fourth-order valence-electron chi connectivity index (χ4n) is 5.57. The number of aromatic nitrogens is 2. The maximum absolute atomic E-state index is 11.4. The van der Waals surface area contributed by atoms with Crippen LogP contribution in [0.2, 0.25) is 0 Å². The number of hydrogen-bond acceptors (Lipinski definition) is 7. The van der Waals surface area contributed by atoms with Crippen molar-refractivity contribution in [2.24, 2.45) is 0 Å². The van der Waals surface area contributed by atoms with Crippen LogP contribution >= 0.6 is 34.4 Å². The molecule has 232 valence electrons. The summed E-state index contributed by atoms with van der Waals surface area (Å²) in [4.78, 5) is 16.9. The van der Waals surface area contributed by atoms with Gasteiger partial charge in [0.05, 0.1) is 18.3 Å². The Kier molecular flexibility index (Phi) is 13.4. The molecule has 0 amide bonds. The lowest BCUT2D eigenvalue weighted by molar-refractivity contribution is -0.139. The Morgan fingerprint density at radius 2 is 1.21 bits per heavy atom. The summed E-state index contributed by atoms with van der Waals surface area (Å²) < 4.78 is 14.7. The summed E-state index contributed by atoms with van der Waals surface area (Å²) in [5.74, 6) is -0.279. The lowest BCUT2D eigenvalue weighted by Gasteiger charge is -2.04. The number of esters is 1. The molecule has 4 aromatic rings. The zero-order valence-electron chi connectivity index (χ0n) is 26.6. The fraction of sp³-hybridized carbons (Fsp3) is 0.528. The topological polar surface area (TPSA) is 52.1 Å². The Morgan fingerprint density at radius 3 is 1.70 bits per heavy atom. The molecule has 0 radical (unpaired) electrons. The molecule has 7 heteroatoms. The van der Waals surface area contributed by atoms with E-state index in [1.54, 1.807) is 6.92 Å². The first-order valence-electron chi connectivity index (χ1n) is 16.2. The first-order valence-corrected chi connectivity index (χ1v) is 18.5. The lowest BCUT2D eigenvalue weighted by atomic mass is 10.0. The SMILES string of the molecule is C=C(C)C(=O)OCCCCCCCCc1cc(-c2ccc(-c3cc(CCCCCCCC)c(C)s3)c3nsnc23)sc1C. The minimum Gasteiger partial charge on any atom is -0.462 e. The van der Waals surface area contributed by atoms with Crippen molar-refractivity contribution in [3.8, 4) is 20.9 Å². The molecule has 4 rings (SSSR count). The Balaban J connectivity index is 1.31. The molecule has 0 saturated heterocycles. The molecule has 0 N–H and O–H groups in total. The van der Waals surface area contributed by atoms with E-state index < -0.39 is 0 Å². The second kappa shape index (κ2) is 17.2. The molecule has 0 bridgehead atoms. The highest BCUT2D eigenvalue weighted by Gasteiger charge is 2.18. The molecular formula is C36H48N2O2S3. The van der Waals surface area contributed by atoms with Crippen LogP contribution in [0.4, 0.5) is 0 Å². The normalized spacial score (nSPS) is 11.4. The zero-order chi connectivity index (χ0) is 30.6. The zero-order valence-corrected chi connectivity index (χ0v) is 29.0. The summed E-state index contributed by atoms with van der Waals surface area (Å²) >= 11 is 5.11. The lowest BCUT2D eigenvalue weighted by Crippen LogP contribution is -2.05. The highest BCUT2D eigenvalue weighted by Crippen LogP contribution is 2.41. The van der Waals surface area contributed by atoms with Gasteiger partial charge in [-0.25, -0.2) is 4.79 Å². The fourth-order valence-corrected chi connectivity index (χ4v) is 8.34. The van der Waals surface area contributed by atoms with E-state index in [0.29, 0.717) is 12.2 Å². The Bertz CT molecular complexity index is 1480. The number of ether oxygens (including phenoxy) is 1. The molecule has 1 aromatic carbocycles. The van der Waals surface area contributed by atoms with Gasteiger partial charge in [0.2, 0.25) is 0 Å². The van der Waals surface area contributed by atoms with Crippen LogP contribution in [-0.4, -0.2) is 21.3 Å². The number of benzene rings is 1. The summed E-state index contributed by atoms with van der Waals surface area (Å²) in [6, 6.07) is 9.33. The molecule has 0 saturated carbocycles. The average molecular weight is 637 g/mol. The number of fused-ring (bicyclic) bond motifs is 1. The van der Waals surface area contributed by atoms with E-state index >= 15 is 0 Å². The summed E-state index contributed by atoms with van der Waals surface area (Å²) in [7, 11) is 0. The van der Waals surface area contributed by atoms with Gasteiger partial charge in [-0.15, -0.1) is 22.7 Å². The molecule has 0 aliphatic carbocycles. The molecular weight excluding hydrogens is 589 g/mol. The van der Waals surface area contributed by atoms with E-state index in [2.05, 4.69) is 51.6 Å². The summed E-state index contributed by atoms with van der Waals surface area (Å²) in [6.45, 7) is 12.6. The Hall–Kier alpha value is -2.35. The standard InChI is InChI=1S/C36H48N2O2S3/c1-6-7-8-9-12-15-18-28-23-32(41-26(28)4)30-20-21-31(35-34(30)37-43-38-35)33-24-29(27(5)42-33)19-16-13-10-11-14-17-22-40-36(39)25(2)3/h20-21,23-24H,2,6-19,22H2,1,3-5H3. The average Bonchev–Trinajstić information content (AvgIpc) is 3.72. The van der Waals surface area contributed by atoms with Crippen LogP contribution in [0.25, 0.3) is 31.9 Å². The Morgan fingerprint density at radius 1 is 0.744 bits per heavy atom. The van der Waals surface area contributed by atoms with Crippen LogP contribution in [0.5, 0.6) is 0 Å². The van der Waals surface area contributed by atoms with Crippen molar-refractivity contribution in [1.29, 1.82) is 0 Å². The highest BCUT2D eigenvalue weighted by atomic mass is 32.1. The van der Waals surface area contributed by atoms with E-state index in [1.807, 2.05) is 22.7 Å². The van der Waals surface area contributed by atoms with E-state index in [9.17, 15) is 4.79 Å². The third kappa shape index (κ3) is 9.57. The predicted octanol–water partition coefficient (Wildman–Crippen LogP) is 11.7. The molecule has 3 aromatic heterocycles. The third-order valence-electron chi connectivity index (χ3n) is 8.21. The first-order chi connectivity index (χ1) is 20.9. The van der Waals surface area contributed by atoms with Crippen molar-refractivity contribution in [2.75, 3.05) is 6.61 Å². The van der Waals surface area contributed by atoms with Gasteiger partial charge >= 0.3 is 5.97 Å². The molecule has 3 heterocycles. The maximum atomic E-state index is 11.4. The van der Waals surface area contributed by atoms with Gasteiger partial charge in [0.25, 0.3) is 0 Å². The number of carbonyl (C=O) groups is 1. The van der Waals surface area contributed by atoms with Crippen molar-refractivity contribution >= 4 is 51.4 Å². The number of thiophene rings is 2. The van der Waals surface area contributed by atoms with Gasteiger partial charge < -0.3 is 4.74 Å². The second-order valence-corrected chi connectivity index (χ2v) is 14.9. The van der Waals surface area contributed by atoms with Crippen molar-refractivity contribution in [1.82, 2.24) is 8.75 Å². The molecule has 0 spiro atoms. The van der Waals surface area contributed by atoms with E-state index in [0.717, 1.165) is 30.3 Å². The minimum atomic E-state index is -0.279. The molecule has 0 aliphatic rings. The van der Waals surface area contributed by atoms with Gasteiger partial charge in [0.1, 0.15) is 11.0 Å². The predicted molar refractivity (Wildman–Crippen MR) is 188 cm³/mol. The van der Waals surface area contributed by atoms with E-state index in [1.165, 1.54) is 124 Å². The van der Waals surface area contributed by atoms with E-state index in [4.69, 9.17) is 13.5 Å². The maximum Gasteiger partial charge on any atom is 0.333 e. The summed E-state index contributed by atoms with van der Waals surface area (Å²) in [5.41, 5.74) is 7.93. The number of nitrogens with zero attached hydrogens (tertiary/aromatic N) is 2. The number of aryl methyl sites for hydroxylation is 4.